The maximum absolute atomic E-state index is 9.20. The third kappa shape index (κ3) is 8.28. The molecule has 34 heavy (non-hydrogen) atoms. The van der Waals surface area contributed by atoms with Crippen LogP contribution >= 0.6 is 31.9 Å². The van der Waals surface area contributed by atoms with Gasteiger partial charge in [-0.2, -0.15) is 0 Å². The Labute approximate surface area is 221 Å². The number of nitrogens with zero attached hydrogens (tertiary/aromatic N) is 2. The predicted octanol–water partition coefficient (Wildman–Crippen LogP) is 9.19. The number of rotatable bonds is 10. The lowest BCUT2D eigenvalue weighted by molar-refractivity contribution is 0.180. The van der Waals surface area contributed by atoms with Crippen molar-refractivity contribution in [3.8, 4) is 0 Å². The molecule has 0 fully saturated rings. The number of hydrogen-bond donors (Lipinski definition) is 1. The Kier molecular flexibility index (Phi) is 10.7. The Bertz CT molecular complexity index is 1070. The molecule has 0 aliphatic rings. The van der Waals surface area contributed by atoms with E-state index in [1.165, 1.54) is 41.1 Å². The van der Waals surface area contributed by atoms with E-state index in [1.54, 1.807) is 0 Å². The smallest absolute Gasteiger partial charge is 0.0512 e. The summed E-state index contributed by atoms with van der Waals surface area (Å²) in [5.41, 5.74) is 2.63. The summed E-state index contributed by atoms with van der Waals surface area (Å²) in [6, 6.07) is 17.2. The van der Waals surface area contributed by atoms with Crippen molar-refractivity contribution in [1.82, 2.24) is 9.13 Å². The fourth-order valence-electron chi connectivity index (χ4n) is 4.29. The standard InChI is InChI=1S/C15H20BrN.C14H18BrNO/c1-12(2)5-3-4-9-17-10-8-13-11-14(16)6-7-15(13)17;1-11(17)4-2-3-8-16-9-7-12-10-13(15)5-6-14(12)16/h6-8,10-12H,3-5,9H2,1-2H3;5-7,9-11,17H,2-4,8H2,1H3/t;11-/m.1/s1. The van der Waals surface area contributed by atoms with Gasteiger partial charge in [0, 0.05) is 56.2 Å². The van der Waals surface area contributed by atoms with Crippen LogP contribution in [0.25, 0.3) is 21.8 Å². The first-order valence-corrected chi connectivity index (χ1v) is 14.1. The van der Waals surface area contributed by atoms with Gasteiger partial charge in [-0.25, -0.2) is 0 Å². The maximum atomic E-state index is 9.20. The molecule has 0 aliphatic heterocycles. The Balaban J connectivity index is 0.000000191. The van der Waals surface area contributed by atoms with Gasteiger partial charge in [-0.05, 0) is 87.1 Å². The number of hydrogen-bond acceptors (Lipinski definition) is 1. The molecule has 0 bridgehead atoms. The molecule has 1 atom stereocenters. The molecule has 2 heterocycles. The van der Waals surface area contributed by atoms with Crippen LogP contribution in [-0.2, 0) is 13.1 Å². The van der Waals surface area contributed by atoms with Gasteiger partial charge < -0.3 is 14.2 Å². The molecule has 4 aromatic rings. The lowest BCUT2D eigenvalue weighted by Crippen LogP contribution is -2.01. The number of aryl methyl sites for hydroxylation is 2. The number of aliphatic hydroxyl groups is 1. The van der Waals surface area contributed by atoms with Crippen molar-refractivity contribution in [1.29, 1.82) is 0 Å². The first-order chi connectivity index (χ1) is 16.3. The number of benzene rings is 2. The third-order valence-corrected chi connectivity index (χ3v) is 7.15. The highest BCUT2D eigenvalue weighted by molar-refractivity contribution is 9.10. The molecule has 0 amide bonds. The summed E-state index contributed by atoms with van der Waals surface area (Å²) in [4.78, 5) is 0. The monoisotopic (exact) mass is 588 g/mol. The zero-order chi connectivity index (χ0) is 24.5. The number of aliphatic hydroxyl groups excluding tert-OH is 1. The molecule has 2 aromatic carbocycles. The summed E-state index contributed by atoms with van der Waals surface area (Å²) in [5.74, 6) is 0.826. The number of aromatic nitrogens is 2. The Morgan fingerprint density at radius 1 is 0.676 bits per heavy atom. The summed E-state index contributed by atoms with van der Waals surface area (Å²) >= 11 is 7.00. The average Bonchev–Trinajstić information content (AvgIpc) is 3.37. The van der Waals surface area contributed by atoms with Crippen molar-refractivity contribution in [3.63, 3.8) is 0 Å². The van der Waals surface area contributed by atoms with E-state index in [0.717, 1.165) is 47.2 Å². The zero-order valence-corrected chi connectivity index (χ0v) is 23.9. The normalized spacial score (nSPS) is 12.3. The molecule has 1 N–H and O–H groups in total. The summed E-state index contributed by atoms with van der Waals surface area (Å²) in [6.45, 7) is 8.60. The first-order valence-electron chi connectivity index (χ1n) is 12.5. The molecule has 0 saturated carbocycles. The molecular weight excluding hydrogens is 552 g/mol. The van der Waals surface area contributed by atoms with E-state index in [4.69, 9.17) is 0 Å². The van der Waals surface area contributed by atoms with E-state index < -0.39 is 0 Å². The Morgan fingerprint density at radius 2 is 1.15 bits per heavy atom. The molecule has 3 nitrogen and oxygen atoms in total. The van der Waals surface area contributed by atoms with Gasteiger partial charge in [-0.15, -0.1) is 0 Å². The van der Waals surface area contributed by atoms with Crippen molar-refractivity contribution < 1.29 is 5.11 Å². The number of unbranched alkanes of at least 4 members (excludes halogenated alkanes) is 2. The minimum atomic E-state index is -0.174. The minimum Gasteiger partial charge on any atom is -0.393 e. The van der Waals surface area contributed by atoms with Crippen LogP contribution in [0.3, 0.4) is 0 Å². The van der Waals surface area contributed by atoms with Gasteiger partial charge in [0.1, 0.15) is 0 Å². The molecule has 0 unspecified atom stereocenters. The second-order valence-electron chi connectivity index (χ2n) is 9.66. The lowest BCUT2D eigenvalue weighted by Gasteiger charge is -2.07. The van der Waals surface area contributed by atoms with Crippen LogP contribution in [0.5, 0.6) is 0 Å². The quantitative estimate of drug-likeness (QED) is 0.184. The predicted molar refractivity (Wildman–Crippen MR) is 153 cm³/mol. The Morgan fingerprint density at radius 3 is 1.59 bits per heavy atom. The van der Waals surface area contributed by atoms with Crippen molar-refractivity contribution in [2.45, 2.75) is 78.5 Å². The van der Waals surface area contributed by atoms with Gasteiger partial charge in [-0.3, -0.25) is 0 Å². The molecule has 0 radical (unpaired) electrons. The second-order valence-corrected chi connectivity index (χ2v) is 11.5. The molecule has 0 saturated heterocycles. The molecule has 184 valence electrons. The zero-order valence-electron chi connectivity index (χ0n) is 20.7. The molecule has 0 spiro atoms. The highest BCUT2D eigenvalue weighted by atomic mass is 79.9. The molecule has 0 aliphatic carbocycles. The fourth-order valence-corrected chi connectivity index (χ4v) is 5.05. The van der Waals surface area contributed by atoms with Gasteiger partial charge in [0.25, 0.3) is 0 Å². The summed E-state index contributed by atoms with van der Waals surface area (Å²) in [7, 11) is 0. The van der Waals surface area contributed by atoms with E-state index in [1.807, 2.05) is 6.92 Å². The molecule has 4 rings (SSSR count). The largest absolute Gasteiger partial charge is 0.393 e. The van der Waals surface area contributed by atoms with E-state index in [9.17, 15) is 5.11 Å². The highest BCUT2D eigenvalue weighted by Crippen LogP contribution is 2.22. The van der Waals surface area contributed by atoms with E-state index in [-0.39, 0.29) is 6.10 Å². The van der Waals surface area contributed by atoms with E-state index in [0.29, 0.717) is 0 Å². The number of fused-ring (bicyclic) bond motifs is 2. The second kappa shape index (κ2) is 13.5. The van der Waals surface area contributed by atoms with Crippen molar-refractivity contribution in [2.75, 3.05) is 0 Å². The fraction of sp³-hybridized carbons (Fsp3) is 0.448. The summed E-state index contributed by atoms with van der Waals surface area (Å²) < 4.78 is 6.92. The third-order valence-electron chi connectivity index (χ3n) is 6.17. The van der Waals surface area contributed by atoms with Gasteiger partial charge >= 0.3 is 0 Å². The summed E-state index contributed by atoms with van der Waals surface area (Å²) in [5, 5.41) is 11.8. The molecular formula is C29H38Br2N2O. The number of halogens is 2. The van der Waals surface area contributed by atoms with Crippen molar-refractivity contribution in [2.24, 2.45) is 5.92 Å². The SMILES string of the molecule is CC(C)CCCCn1ccc2cc(Br)ccc21.C[C@@H](O)CCCCn1ccc2cc(Br)ccc21. The van der Waals surface area contributed by atoms with E-state index >= 15 is 0 Å². The van der Waals surface area contributed by atoms with Crippen LogP contribution in [0.15, 0.2) is 69.9 Å². The van der Waals surface area contributed by atoms with E-state index in [2.05, 4.69) is 116 Å². The molecule has 2 aromatic heterocycles. The summed E-state index contributed by atoms with van der Waals surface area (Å²) in [6.07, 6.45) is 11.2. The van der Waals surface area contributed by atoms with Crippen LogP contribution in [0, 0.1) is 5.92 Å². The van der Waals surface area contributed by atoms with Gasteiger partial charge in [-0.1, -0.05) is 58.5 Å². The van der Waals surface area contributed by atoms with Crippen LogP contribution in [-0.4, -0.2) is 20.3 Å². The maximum Gasteiger partial charge on any atom is 0.0512 e. The lowest BCUT2D eigenvalue weighted by atomic mass is 10.1. The van der Waals surface area contributed by atoms with Gasteiger partial charge in [0.2, 0.25) is 0 Å². The van der Waals surface area contributed by atoms with Crippen molar-refractivity contribution in [3.05, 3.63) is 69.9 Å². The highest BCUT2D eigenvalue weighted by Gasteiger charge is 2.03. The van der Waals surface area contributed by atoms with Crippen molar-refractivity contribution >= 4 is 53.7 Å². The van der Waals surface area contributed by atoms with Crippen LogP contribution in [0.4, 0.5) is 0 Å². The average molecular weight is 590 g/mol. The van der Waals surface area contributed by atoms with Crippen LogP contribution in [0.2, 0.25) is 0 Å². The van der Waals surface area contributed by atoms with Crippen LogP contribution in [0.1, 0.15) is 59.3 Å². The minimum absolute atomic E-state index is 0.174. The van der Waals surface area contributed by atoms with Gasteiger partial charge in [0.05, 0.1) is 6.10 Å². The van der Waals surface area contributed by atoms with Crippen LogP contribution < -0.4 is 0 Å². The topological polar surface area (TPSA) is 30.1 Å². The van der Waals surface area contributed by atoms with Gasteiger partial charge in [0.15, 0.2) is 0 Å². The Hall–Kier alpha value is -1.56. The molecule has 5 heteroatoms. The first kappa shape index (κ1) is 27.0.